The van der Waals surface area contributed by atoms with Crippen molar-refractivity contribution in [1.29, 1.82) is 0 Å². The van der Waals surface area contributed by atoms with Crippen LogP contribution in [0.4, 0.5) is 0 Å². The highest BCUT2D eigenvalue weighted by molar-refractivity contribution is 9.09. The lowest BCUT2D eigenvalue weighted by atomic mass is 9.97. The molecule has 0 aromatic rings. The zero-order valence-electron chi connectivity index (χ0n) is 7.88. The van der Waals surface area contributed by atoms with Gasteiger partial charge in [-0.25, -0.2) is 4.79 Å². The van der Waals surface area contributed by atoms with Gasteiger partial charge in [-0.1, -0.05) is 28.9 Å². The van der Waals surface area contributed by atoms with Gasteiger partial charge in [0.2, 0.25) is 0 Å². The average Bonchev–Trinajstić information content (AvgIpc) is 2.08. The summed E-state index contributed by atoms with van der Waals surface area (Å²) in [5.74, 6) is -0.267. The van der Waals surface area contributed by atoms with E-state index in [4.69, 9.17) is 4.74 Å². The summed E-state index contributed by atoms with van der Waals surface area (Å²) in [5.41, 5.74) is 0.477. The lowest BCUT2D eigenvalue weighted by Gasteiger charge is -2.27. The van der Waals surface area contributed by atoms with E-state index in [1.54, 1.807) is 6.92 Å². The molecule has 0 radical (unpaired) electrons. The van der Waals surface area contributed by atoms with E-state index in [1.807, 2.05) is 0 Å². The number of carbonyl (C=O) groups excluding carboxylic acids is 1. The second-order valence-corrected chi connectivity index (χ2v) is 4.70. The molecule has 13 heavy (non-hydrogen) atoms. The third kappa shape index (κ3) is 3.14. The van der Waals surface area contributed by atoms with Crippen molar-refractivity contribution in [1.82, 2.24) is 0 Å². The smallest absolute Gasteiger partial charge is 0.333 e. The van der Waals surface area contributed by atoms with E-state index in [9.17, 15) is 4.79 Å². The van der Waals surface area contributed by atoms with Crippen molar-refractivity contribution >= 4 is 21.9 Å². The van der Waals surface area contributed by atoms with Crippen LogP contribution in [0.15, 0.2) is 12.2 Å². The van der Waals surface area contributed by atoms with Crippen LogP contribution in [0.2, 0.25) is 0 Å². The third-order valence-electron chi connectivity index (χ3n) is 2.23. The molecular weight excluding hydrogens is 232 g/mol. The molecule has 0 amide bonds. The van der Waals surface area contributed by atoms with Crippen LogP contribution in [0.5, 0.6) is 0 Å². The van der Waals surface area contributed by atoms with Gasteiger partial charge in [0, 0.05) is 5.57 Å². The maximum Gasteiger partial charge on any atom is 0.333 e. The molecule has 2 nitrogen and oxygen atoms in total. The van der Waals surface area contributed by atoms with Gasteiger partial charge in [-0.2, -0.15) is 0 Å². The largest absolute Gasteiger partial charge is 0.458 e. The van der Waals surface area contributed by atoms with Crippen molar-refractivity contribution in [2.75, 3.05) is 0 Å². The first kappa shape index (κ1) is 10.8. The first-order valence-corrected chi connectivity index (χ1v) is 5.53. The first-order valence-electron chi connectivity index (χ1n) is 4.62. The van der Waals surface area contributed by atoms with Gasteiger partial charge in [0.05, 0.1) is 4.83 Å². The number of carbonyl (C=O) groups is 1. The molecular formula is C10H15BrO2. The SMILES string of the molecule is C=C(C)C(=O)OC1CCCCC1Br. The molecule has 0 spiro atoms. The normalized spacial score (nSPS) is 28.2. The summed E-state index contributed by atoms with van der Waals surface area (Å²) in [7, 11) is 0. The molecule has 2 unspecified atom stereocenters. The van der Waals surface area contributed by atoms with Crippen LogP contribution in [0.1, 0.15) is 32.6 Å². The van der Waals surface area contributed by atoms with E-state index in [1.165, 1.54) is 6.42 Å². The number of esters is 1. The van der Waals surface area contributed by atoms with Crippen molar-refractivity contribution in [3.63, 3.8) is 0 Å². The maximum atomic E-state index is 11.2. The molecule has 3 heteroatoms. The number of ether oxygens (including phenoxy) is 1. The summed E-state index contributed by atoms with van der Waals surface area (Å²) < 4.78 is 5.28. The van der Waals surface area contributed by atoms with Gasteiger partial charge in [-0.05, 0) is 26.2 Å². The predicted molar refractivity (Wildman–Crippen MR) is 55.9 cm³/mol. The van der Waals surface area contributed by atoms with Crippen LogP contribution in [-0.2, 0) is 9.53 Å². The summed E-state index contributed by atoms with van der Waals surface area (Å²) >= 11 is 3.53. The molecule has 0 aromatic heterocycles. The Morgan fingerprint density at radius 2 is 2.08 bits per heavy atom. The second kappa shape index (κ2) is 4.80. The number of halogens is 1. The standard InChI is InChI=1S/C10H15BrO2/c1-7(2)10(12)13-9-6-4-3-5-8(9)11/h8-9H,1,3-6H2,2H3. The van der Waals surface area contributed by atoms with Crippen LogP contribution in [-0.4, -0.2) is 16.9 Å². The highest BCUT2D eigenvalue weighted by atomic mass is 79.9. The topological polar surface area (TPSA) is 26.3 Å². The summed E-state index contributed by atoms with van der Waals surface area (Å²) in [6.45, 7) is 5.23. The lowest BCUT2D eigenvalue weighted by molar-refractivity contribution is -0.145. The molecule has 0 bridgehead atoms. The quantitative estimate of drug-likeness (QED) is 0.426. The van der Waals surface area contributed by atoms with Gasteiger partial charge in [0.25, 0.3) is 0 Å². The van der Waals surface area contributed by atoms with E-state index < -0.39 is 0 Å². The fourth-order valence-corrected chi connectivity index (χ4v) is 2.12. The van der Waals surface area contributed by atoms with Crippen molar-refractivity contribution in [3.05, 3.63) is 12.2 Å². The highest BCUT2D eigenvalue weighted by Gasteiger charge is 2.26. The minimum atomic E-state index is -0.267. The molecule has 1 aliphatic rings. The fourth-order valence-electron chi connectivity index (χ4n) is 1.42. The number of alkyl halides is 1. The van der Waals surface area contributed by atoms with Crippen molar-refractivity contribution in [2.24, 2.45) is 0 Å². The van der Waals surface area contributed by atoms with Crippen LogP contribution in [0, 0.1) is 0 Å². The summed E-state index contributed by atoms with van der Waals surface area (Å²) in [4.78, 5) is 11.5. The molecule has 1 aliphatic carbocycles. The molecule has 74 valence electrons. The fraction of sp³-hybridized carbons (Fsp3) is 0.700. The van der Waals surface area contributed by atoms with Crippen molar-refractivity contribution in [2.45, 2.75) is 43.5 Å². The van der Waals surface area contributed by atoms with E-state index in [0.29, 0.717) is 10.4 Å². The molecule has 0 aliphatic heterocycles. The van der Waals surface area contributed by atoms with Crippen molar-refractivity contribution in [3.8, 4) is 0 Å². The van der Waals surface area contributed by atoms with Crippen LogP contribution < -0.4 is 0 Å². The van der Waals surface area contributed by atoms with Gasteiger partial charge in [0.1, 0.15) is 6.10 Å². The van der Waals surface area contributed by atoms with Crippen LogP contribution >= 0.6 is 15.9 Å². The predicted octanol–water partition coefficient (Wildman–Crippen LogP) is 2.81. The Bertz CT molecular complexity index is 213. The number of hydrogen-bond acceptors (Lipinski definition) is 2. The van der Waals surface area contributed by atoms with Crippen LogP contribution in [0.25, 0.3) is 0 Å². The van der Waals surface area contributed by atoms with E-state index >= 15 is 0 Å². The third-order valence-corrected chi connectivity index (χ3v) is 3.28. The molecule has 0 N–H and O–H groups in total. The Morgan fingerprint density at radius 1 is 1.46 bits per heavy atom. The van der Waals surface area contributed by atoms with Gasteiger partial charge in [-0.3, -0.25) is 0 Å². The van der Waals surface area contributed by atoms with Gasteiger partial charge >= 0.3 is 5.97 Å². The Morgan fingerprint density at radius 3 is 2.62 bits per heavy atom. The van der Waals surface area contributed by atoms with Crippen LogP contribution in [0.3, 0.4) is 0 Å². The Balaban J connectivity index is 2.42. The molecule has 0 aromatic carbocycles. The molecule has 1 fully saturated rings. The molecule has 0 heterocycles. The maximum absolute atomic E-state index is 11.2. The van der Waals surface area contributed by atoms with Crippen molar-refractivity contribution < 1.29 is 9.53 Å². The average molecular weight is 247 g/mol. The van der Waals surface area contributed by atoms with Gasteiger partial charge in [0.15, 0.2) is 0 Å². The van der Waals surface area contributed by atoms with E-state index in [-0.39, 0.29) is 12.1 Å². The molecule has 1 saturated carbocycles. The molecule has 1 rings (SSSR count). The zero-order valence-corrected chi connectivity index (χ0v) is 9.47. The second-order valence-electron chi connectivity index (χ2n) is 3.52. The lowest BCUT2D eigenvalue weighted by Crippen LogP contribution is -2.30. The highest BCUT2D eigenvalue weighted by Crippen LogP contribution is 2.27. The summed E-state index contributed by atoms with van der Waals surface area (Å²) in [5, 5.41) is 0. The minimum absolute atomic E-state index is 0.0398. The van der Waals surface area contributed by atoms with E-state index in [0.717, 1.165) is 19.3 Å². The minimum Gasteiger partial charge on any atom is -0.458 e. The summed E-state index contributed by atoms with van der Waals surface area (Å²) in [6.07, 6.45) is 4.47. The Labute approximate surface area is 87.5 Å². The summed E-state index contributed by atoms with van der Waals surface area (Å²) in [6, 6.07) is 0. The zero-order chi connectivity index (χ0) is 9.84. The van der Waals surface area contributed by atoms with Gasteiger partial charge < -0.3 is 4.74 Å². The van der Waals surface area contributed by atoms with Gasteiger partial charge in [-0.15, -0.1) is 0 Å². The molecule has 0 saturated heterocycles. The first-order chi connectivity index (χ1) is 6.11. The number of hydrogen-bond donors (Lipinski definition) is 0. The monoisotopic (exact) mass is 246 g/mol. The van der Waals surface area contributed by atoms with E-state index in [2.05, 4.69) is 22.5 Å². The Hall–Kier alpha value is -0.310. The Kier molecular flexibility index (Phi) is 3.97. The molecule has 2 atom stereocenters. The number of rotatable bonds is 2.